The van der Waals surface area contributed by atoms with Crippen molar-refractivity contribution in [1.82, 2.24) is 14.1 Å². The molecular weight excluding hydrogens is 853 g/mol. The molecule has 0 atom stereocenters. The zero-order chi connectivity index (χ0) is 51.0. The van der Waals surface area contributed by atoms with Gasteiger partial charge in [-0.2, -0.15) is 9.13 Å². The molecule has 0 amide bonds. The van der Waals surface area contributed by atoms with Crippen molar-refractivity contribution >= 4 is 32.8 Å². The second kappa shape index (κ2) is 17.2. The van der Waals surface area contributed by atoms with Crippen LogP contribution in [0.2, 0.25) is 0 Å². The molecule has 0 aliphatic rings. The van der Waals surface area contributed by atoms with Gasteiger partial charge in [0.25, 0.3) is 6.33 Å². The van der Waals surface area contributed by atoms with Crippen LogP contribution in [0.4, 0.5) is 0 Å². The molecule has 344 valence electrons. The van der Waals surface area contributed by atoms with E-state index >= 15 is 0 Å². The van der Waals surface area contributed by atoms with E-state index < -0.39 is 6.85 Å². The smallest absolute Gasteiger partial charge is 0.255 e. The standard InChI is InChI=1S/C65H59N4O/c1-42-33-43(2)62(46-23-14-11-15-24-46)63(61(42)45-21-12-10-13-22-45)55-39-60(66-40-44(55)3)69-56-28-17-16-27-53(56)54-32-31-52(38-59(54)69)70-51-26-20-25-49(37-51)67-41-68(58-30-19-18-29-57(58)67)50-35-47(64(4,5)6)34-48(36-50)65(7,8)9/h10-41H,1-9H3/q+1/i3D3. The lowest BCUT2D eigenvalue weighted by molar-refractivity contribution is -0.567. The molecule has 0 saturated carbocycles. The summed E-state index contributed by atoms with van der Waals surface area (Å²) in [6.07, 6.45) is 3.75. The van der Waals surface area contributed by atoms with Crippen LogP contribution in [0.1, 0.15) is 73.5 Å². The number of para-hydroxylation sites is 3. The minimum atomic E-state index is -2.46. The fraction of sp³-hybridized carbons (Fsp3) is 0.169. The van der Waals surface area contributed by atoms with Gasteiger partial charge < -0.3 is 4.74 Å². The number of fused-ring (bicyclic) bond motifs is 4. The predicted octanol–water partition coefficient (Wildman–Crippen LogP) is 16.7. The lowest BCUT2D eigenvalue weighted by Crippen LogP contribution is -2.31. The number of aromatic nitrogens is 4. The molecule has 3 aromatic heterocycles. The summed E-state index contributed by atoms with van der Waals surface area (Å²) >= 11 is 0. The molecule has 0 unspecified atom stereocenters. The summed E-state index contributed by atoms with van der Waals surface area (Å²) in [7, 11) is 0. The minimum Gasteiger partial charge on any atom is -0.457 e. The SMILES string of the molecule is [2H]C([2H])([2H])c1cnc(-n2c3ccccc3c3ccc(Oc4cccc(-n5c[n+](-c6cc(C(C)(C)C)cc(C(C)(C)C)c6)c6ccccc65)c4)cc32)cc1-c1c(-c2ccccc2)c(C)cc(C)c1-c1ccccc1. The normalized spacial score (nSPS) is 12.9. The molecule has 0 N–H and O–H groups in total. The van der Waals surface area contributed by atoms with Gasteiger partial charge in [-0.1, -0.05) is 151 Å². The van der Waals surface area contributed by atoms with Crippen molar-refractivity contribution in [3.8, 4) is 62.1 Å². The van der Waals surface area contributed by atoms with Crippen LogP contribution in [0.15, 0.2) is 195 Å². The Balaban J connectivity index is 1.05. The van der Waals surface area contributed by atoms with E-state index in [2.05, 4.69) is 185 Å². The summed E-state index contributed by atoms with van der Waals surface area (Å²) in [5, 5.41) is 2.07. The van der Waals surface area contributed by atoms with Gasteiger partial charge in [-0.3, -0.25) is 4.57 Å². The maximum atomic E-state index is 8.94. The van der Waals surface area contributed by atoms with Crippen LogP contribution in [0.5, 0.6) is 11.5 Å². The summed E-state index contributed by atoms with van der Waals surface area (Å²) in [6, 6.07) is 63.0. The van der Waals surface area contributed by atoms with E-state index in [1.165, 1.54) is 11.1 Å². The van der Waals surface area contributed by atoms with E-state index in [9.17, 15) is 0 Å². The molecule has 11 rings (SSSR count). The number of aryl methyl sites for hydroxylation is 3. The van der Waals surface area contributed by atoms with Gasteiger partial charge in [-0.25, -0.2) is 4.98 Å². The van der Waals surface area contributed by atoms with E-state index in [0.717, 1.165) is 83.2 Å². The van der Waals surface area contributed by atoms with Crippen molar-refractivity contribution in [2.24, 2.45) is 0 Å². The van der Waals surface area contributed by atoms with Crippen LogP contribution >= 0.6 is 0 Å². The summed E-state index contributed by atoms with van der Waals surface area (Å²) < 4.78 is 40.3. The lowest BCUT2D eigenvalue weighted by Gasteiger charge is -2.25. The molecule has 5 heteroatoms. The molecule has 0 bridgehead atoms. The Morgan fingerprint density at radius 1 is 0.514 bits per heavy atom. The first-order chi connectivity index (χ1) is 34.9. The lowest BCUT2D eigenvalue weighted by atomic mass is 9.80. The quantitative estimate of drug-likeness (QED) is 0.142. The number of ether oxygens (including phenoxy) is 1. The number of imidazole rings is 1. The highest BCUT2D eigenvalue weighted by atomic mass is 16.5. The summed E-state index contributed by atoms with van der Waals surface area (Å²) in [5.41, 5.74) is 16.4. The Morgan fingerprint density at radius 3 is 1.77 bits per heavy atom. The highest BCUT2D eigenvalue weighted by Crippen LogP contribution is 2.46. The van der Waals surface area contributed by atoms with Crippen LogP contribution in [0.25, 0.3) is 83.4 Å². The van der Waals surface area contributed by atoms with Crippen molar-refractivity contribution in [3.63, 3.8) is 0 Å². The Labute approximate surface area is 416 Å². The summed E-state index contributed by atoms with van der Waals surface area (Å²) in [4.78, 5) is 5.02. The highest BCUT2D eigenvalue weighted by Gasteiger charge is 2.26. The molecule has 0 spiro atoms. The zero-order valence-corrected chi connectivity index (χ0v) is 41.2. The van der Waals surface area contributed by atoms with Crippen molar-refractivity contribution in [2.75, 3.05) is 0 Å². The van der Waals surface area contributed by atoms with Crippen molar-refractivity contribution < 1.29 is 13.4 Å². The van der Waals surface area contributed by atoms with E-state index in [-0.39, 0.29) is 16.4 Å². The Bertz CT molecular complexity index is 3810. The molecule has 3 heterocycles. The third kappa shape index (κ3) is 7.95. The number of hydrogen-bond acceptors (Lipinski definition) is 2. The highest BCUT2D eigenvalue weighted by molar-refractivity contribution is 6.09. The Hall–Kier alpha value is -8.02. The molecule has 8 aromatic carbocycles. The molecule has 0 saturated heterocycles. The third-order valence-corrected chi connectivity index (χ3v) is 13.8. The van der Waals surface area contributed by atoms with Gasteiger partial charge in [0, 0.05) is 33.2 Å². The molecule has 5 nitrogen and oxygen atoms in total. The molecule has 0 radical (unpaired) electrons. The first-order valence-electron chi connectivity index (χ1n) is 25.7. The maximum Gasteiger partial charge on any atom is 0.255 e. The Morgan fingerprint density at radius 2 is 1.11 bits per heavy atom. The fourth-order valence-corrected chi connectivity index (χ4v) is 10.2. The van der Waals surface area contributed by atoms with Crippen LogP contribution in [0, 0.1) is 20.7 Å². The van der Waals surface area contributed by atoms with Crippen LogP contribution in [-0.4, -0.2) is 14.1 Å². The zero-order valence-electron chi connectivity index (χ0n) is 44.2. The monoisotopic (exact) mass is 914 g/mol. The number of rotatable bonds is 8. The first-order valence-corrected chi connectivity index (χ1v) is 24.2. The molecule has 11 aromatic rings. The van der Waals surface area contributed by atoms with Crippen molar-refractivity contribution in [3.05, 3.63) is 222 Å². The molecule has 0 aliphatic carbocycles. The predicted molar refractivity (Wildman–Crippen MR) is 291 cm³/mol. The van der Waals surface area contributed by atoms with E-state index in [0.29, 0.717) is 22.9 Å². The van der Waals surface area contributed by atoms with Crippen molar-refractivity contribution in [2.45, 2.75) is 73.1 Å². The summed E-state index contributed by atoms with van der Waals surface area (Å²) in [5.74, 6) is 1.94. The van der Waals surface area contributed by atoms with E-state index in [4.69, 9.17) is 13.8 Å². The van der Waals surface area contributed by atoms with Crippen LogP contribution in [0.3, 0.4) is 0 Å². The number of hydrogen-bond donors (Lipinski definition) is 0. The first kappa shape index (κ1) is 41.0. The van der Waals surface area contributed by atoms with Gasteiger partial charge in [0.1, 0.15) is 28.7 Å². The third-order valence-electron chi connectivity index (χ3n) is 13.8. The molecule has 70 heavy (non-hydrogen) atoms. The van der Waals surface area contributed by atoms with Gasteiger partial charge in [-0.05, 0) is 153 Å². The number of pyridine rings is 1. The van der Waals surface area contributed by atoms with E-state index in [1.807, 2.05) is 72.8 Å². The van der Waals surface area contributed by atoms with Crippen molar-refractivity contribution in [1.29, 1.82) is 0 Å². The second-order valence-electron chi connectivity index (χ2n) is 20.7. The van der Waals surface area contributed by atoms with Gasteiger partial charge in [0.15, 0.2) is 11.0 Å². The van der Waals surface area contributed by atoms with Crippen LogP contribution < -0.4 is 9.30 Å². The Kier molecular flexibility index (Phi) is 10.1. The van der Waals surface area contributed by atoms with Crippen LogP contribution in [-0.2, 0) is 10.8 Å². The van der Waals surface area contributed by atoms with Gasteiger partial charge >= 0.3 is 0 Å². The average Bonchev–Trinajstić information content (AvgIpc) is 3.92. The summed E-state index contributed by atoms with van der Waals surface area (Å²) in [6.45, 7) is 15.4. The largest absolute Gasteiger partial charge is 0.457 e. The molecular formula is C65H59N4O+. The fourth-order valence-electron chi connectivity index (χ4n) is 10.2. The number of benzene rings is 8. The van der Waals surface area contributed by atoms with Gasteiger partial charge in [0.2, 0.25) is 0 Å². The molecule has 0 aliphatic heterocycles. The number of nitrogens with zero attached hydrogens (tertiary/aromatic N) is 4. The second-order valence-corrected chi connectivity index (χ2v) is 20.7. The van der Waals surface area contributed by atoms with E-state index in [1.54, 1.807) is 6.20 Å². The maximum absolute atomic E-state index is 8.94. The van der Waals surface area contributed by atoms with Gasteiger partial charge in [-0.15, -0.1) is 0 Å². The topological polar surface area (TPSA) is 35.9 Å². The minimum absolute atomic E-state index is 0.0263. The molecule has 0 fully saturated rings. The average molecular weight is 915 g/mol. The van der Waals surface area contributed by atoms with Gasteiger partial charge in [0.05, 0.1) is 11.0 Å².